The minimum Gasteiger partial charge on any atom is -0.393 e. The maximum absolute atomic E-state index is 9.23. The monoisotopic (exact) mass is 168 g/mol. The van der Waals surface area contributed by atoms with Crippen LogP contribution in [0.4, 0.5) is 0 Å². The van der Waals surface area contributed by atoms with E-state index < -0.39 is 0 Å². The molecule has 0 spiro atoms. The van der Waals surface area contributed by atoms with Crippen molar-refractivity contribution in [3.63, 3.8) is 0 Å². The van der Waals surface area contributed by atoms with Gasteiger partial charge in [-0.3, -0.25) is 0 Å². The van der Waals surface area contributed by atoms with Crippen LogP contribution in [0.25, 0.3) is 0 Å². The Morgan fingerprint density at radius 1 is 1.42 bits per heavy atom. The van der Waals surface area contributed by atoms with E-state index >= 15 is 0 Å². The summed E-state index contributed by atoms with van der Waals surface area (Å²) in [7, 11) is 0. The minimum absolute atomic E-state index is 0.0895. The zero-order valence-corrected chi connectivity index (χ0v) is 8.00. The van der Waals surface area contributed by atoms with Gasteiger partial charge in [-0.15, -0.1) is 0 Å². The molecule has 0 aromatic carbocycles. The van der Waals surface area contributed by atoms with Gasteiger partial charge in [0.25, 0.3) is 0 Å². The Labute approximate surface area is 75.8 Å². The van der Waals surface area contributed by atoms with Crippen LogP contribution < -0.4 is 0 Å². The van der Waals surface area contributed by atoms with E-state index in [0.29, 0.717) is 0 Å². The van der Waals surface area contributed by atoms with Crippen molar-refractivity contribution in [3.05, 3.63) is 24.8 Å². The van der Waals surface area contributed by atoms with Crippen LogP contribution in [-0.2, 0) is 0 Å². The quantitative estimate of drug-likeness (QED) is 0.457. The van der Waals surface area contributed by atoms with Crippen molar-refractivity contribution in [2.45, 2.75) is 45.1 Å². The number of aliphatic hydroxyl groups excluding tert-OH is 1. The molecule has 1 atom stereocenters. The molecule has 1 N–H and O–H groups in total. The number of aliphatic hydroxyl groups is 1. The summed E-state index contributed by atoms with van der Waals surface area (Å²) in [6, 6.07) is 0. The van der Waals surface area contributed by atoms with Crippen molar-refractivity contribution in [1.82, 2.24) is 0 Å². The molecule has 0 aromatic rings. The highest BCUT2D eigenvalue weighted by Gasteiger charge is 1.98. The van der Waals surface area contributed by atoms with Crippen molar-refractivity contribution in [1.29, 1.82) is 0 Å². The maximum atomic E-state index is 9.23. The van der Waals surface area contributed by atoms with Crippen LogP contribution in [0.1, 0.15) is 39.0 Å². The van der Waals surface area contributed by atoms with Crippen LogP contribution >= 0.6 is 0 Å². The normalized spacial score (nSPS) is 13.5. The van der Waals surface area contributed by atoms with E-state index in [1.165, 1.54) is 6.42 Å². The molecule has 12 heavy (non-hydrogen) atoms. The van der Waals surface area contributed by atoms with Gasteiger partial charge in [0.1, 0.15) is 0 Å². The zero-order valence-electron chi connectivity index (χ0n) is 8.00. The highest BCUT2D eigenvalue weighted by atomic mass is 16.3. The van der Waals surface area contributed by atoms with Crippen LogP contribution in [0, 0.1) is 0 Å². The molecule has 0 fully saturated rings. The molecule has 0 aliphatic rings. The van der Waals surface area contributed by atoms with Crippen LogP contribution in [0.2, 0.25) is 0 Å². The second-order valence-corrected chi connectivity index (χ2v) is 3.01. The molecule has 1 heteroatoms. The van der Waals surface area contributed by atoms with E-state index in [1.54, 1.807) is 6.08 Å². The van der Waals surface area contributed by atoms with Crippen molar-refractivity contribution >= 4 is 0 Å². The molecule has 0 saturated heterocycles. The van der Waals surface area contributed by atoms with E-state index in [4.69, 9.17) is 0 Å². The van der Waals surface area contributed by atoms with E-state index in [2.05, 4.69) is 12.7 Å². The SMILES string of the molecule is C=CC=CCCCCC(O)CC. The zero-order chi connectivity index (χ0) is 9.23. The molecule has 1 unspecified atom stereocenters. The molecule has 0 aromatic heterocycles. The fourth-order valence-electron chi connectivity index (χ4n) is 1.04. The molecule has 70 valence electrons. The Balaban J connectivity index is 3.10. The Morgan fingerprint density at radius 2 is 2.17 bits per heavy atom. The smallest absolute Gasteiger partial charge is 0.0537 e. The number of unbranched alkanes of at least 4 members (excludes halogenated alkanes) is 2. The molecule has 0 radical (unpaired) electrons. The maximum Gasteiger partial charge on any atom is 0.0537 e. The number of allylic oxidation sites excluding steroid dienone is 3. The second-order valence-electron chi connectivity index (χ2n) is 3.01. The predicted octanol–water partition coefficient (Wildman–Crippen LogP) is 3.06. The summed E-state index contributed by atoms with van der Waals surface area (Å²) in [6.45, 7) is 5.61. The molecule has 0 heterocycles. The molecular formula is C11H20O. The largest absolute Gasteiger partial charge is 0.393 e. The van der Waals surface area contributed by atoms with Gasteiger partial charge in [0.2, 0.25) is 0 Å². The Hall–Kier alpha value is -0.560. The topological polar surface area (TPSA) is 20.2 Å². The van der Waals surface area contributed by atoms with Crippen molar-refractivity contribution < 1.29 is 5.11 Å². The van der Waals surface area contributed by atoms with Gasteiger partial charge < -0.3 is 5.11 Å². The van der Waals surface area contributed by atoms with Gasteiger partial charge in [-0.2, -0.15) is 0 Å². The first-order valence-corrected chi connectivity index (χ1v) is 4.76. The summed E-state index contributed by atoms with van der Waals surface area (Å²) in [5.74, 6) is 0. The van der Waals surface area contributed by atoms with Gasteiger partial charge in [0.15, 0.2) is 0 Å². The Morgan fingerprint density at radius 3 is 2.75 bits per heavy atom. The van der Waals surface area contributed by atoms with Crippen LogP contribution in [-0.4, -0.2) is 11.2 Å². The van der Waals surface area contributed by atoms with E-state index in [9.17, 15) is 5.11 Å². The van der Waals surface area contributed by atoms with E-state index in [-0.39, 0.29) is 6.10 Å². The summed E-state index contributed by atoms with van der Waals surface area (Å²) in [5.41, 5.74) is 0. The first kappa shape index (κ1) is 11.4. The van der Waals surface area contributed by atoms with Gasteiger partial charge in [-0.05, 0) is 25.7 Å². The third-order valence-electron chi connectivity index (χ3n) is 1.90. The fourth-order valence-corrected chi connectivity index (χ4v) is 1.04. The second kappa shape index (κ2) is 8.54. The molecule has 0 aliphatic heterocycles. The fraction of sp³-hybridized carbons (Fsp3) is 0.636. The van der Waals surface area contributed by atoms with E-state index in [0.717, 1.165) is 25.7 Å². The van der Waals surface area contributed by atoms with Gasteiger partial charge >= 0.3 is 0 Å². The summed E-state index contributed by atoms with van der Waals surface area (Å²) < 4.78 is 0. The van der Waals surface area contributed by atoms with Gasteiger partial charge in [-0.25, -0.2) is 0 Å². The first-order valence-electron chi connectivity index (χ1n) is 4.76. The van der Waals surface area contributed by atoms with Crippen LogP contribution in [0.5, 0.6) is 0 Å². The highest BCUT2D eigenvalue weighted by Crippen LogP contribution is 2.06. The molecule has 0 aliphatic carbocycles. The van der Waals surface area contributed by atoms with Crippen LogP contribution in [0.3, 0.4) is 0 Å². The molecule has 0 amide bonds. The van der Waals surface area contributed by atoms with E-state index in [1.807, 2.05) is 13.0 Å². The lowest BCUT2D eigenvalue weighted by Gasteiger charge is -2.05. The number of hydrogen-bond acceptors (Lipinski definition) is 1. The predicted molar refractivity (Wildman–Crippen MR) is 54.1 cm³/mol. The standard InChI is InChI=1S/C11H20O/c1-3-5-6-7-8-9-10-11(12)4-2/h3,5-6,11-12H,1,4,7-10H2,2H3. The average Bonchev–Trinajstić information content (AvgIpc) is 2.10. The lowest BCUT2D eigenvalue weighted by molar-refractivity contribution is 0.157. The average molecular weight is 168 g/mol. The summed E-state index contributed by atoms with van der Waals surface area (Å²) in [6.07, 6.45) is 11.0. The molecule has 0 rings (SSSR count). The summed E-state index contributed by atoms with van der Waals surface area (Å²) >= 11 is 0. The highest BCUT2D eigenvalue weighted by molar-refractivity contribution is 4.96. The Kier molecular flexibility index (Phi) is 8.14. The van der Waals surface area contributed by atoms with Gasteiger partial charge in [0, 0.05) is 0 Å². The molecule has 0 saturated carbocycles. The molecule has 1 nitrogen and oxygen atoms in total. The minimum atomic E-state index is -0.0895. The number of hydrogen-bond donors (Lipinski definition) is 1. The van der Waals surface area contributed by atoms with Gasteiger partial charge in [-0.1, -0.05) is 38.2 Å². The summed E-state index contributed by atoms with van der Waals surface area (Å²) in [4.78, 5) is 0. The molecule has 0 bridgehead atoms. The van der Waals surface area contributed by atoms with Crippen molar-refractivity contribution in [3.8, 4) is 0 Å². The summed E-state index contributed by atoms with van der Waals surface area (Å²) in [5, 5.41) is 9.23. The third kappa shape index (κ3) is 7.55. The first-order chi connectivity index (χ1) is 5.81. The Bertz CT molecular complexity index is 127. The molecular weight excluding hydrogens is 148 g/mol. The van der Waals surface area contributed by atoms with Gasteiger partial charge in [0.05, 0.1) is 6.10 Å². The van der Waals surface area contributed by atoms with Crippen molar-refractivity contribution in [2.75, 3.05) is 0 Å². The lowest BCUT2D eigenvalue weighted by atomic mass is 10.1. The number of rotatable bonds is 7. The lowest BCUT2D eigenvalue weighted by Crippen LogP contribution is -2.02. The van der Waals surface area contributed by atoms with Crippen LogP contribution in [0.15, 0.2) is 24.8 Å². The third-order valence-corrected chi connectivity index (χ3v) is 1.90. The van der Waals surface area contributed by atoms with Crippen molar-refractivity contribution in [2.24, 2.45) is 0 Å².